The van der Waals surface area contributed by atoms with Crippen molar-refractivity contribution in [1.29, 1.82) is 0 Å². The van der Waals surface area contributed by atoms with Gasteiger partial charge in [-0.3, -0.25) is 4.72 Å². The Labute approximate surface area is 126 Å². The van der Waals surface area contributed by atoms with Gasteiger partial charge in [0.1, 0.15) is 4.90 Å². The molecule has 0 unspecified atom stereocenters. The second-order valence-corrected chi connectivity index (χ2v) is 6.20. The molecule has 0 aliphatic heterocycles. The molecule has 0 atom stereocenters. The predicted octanol–water partition coefficient (Wildman–Crippen LogP) is 2.39. The van der Waals surface area contributed by atoms with Crippen molar-refractivity contribution in [2.45, 2.75) is 4.90 Å². The van der Waals surface area contributed by atoms with Gasteiger partial charge in [-0.25, -0.2) is 17.6 Å². The van der Waals surface area contributed by atoms with E-state index in [9.17, 15) is 17.6 Å². The summed E-state index contributed by atoms with van der Waals surface area (Å²) in [6, 6.07) is 3.70. The largest absolute Gasteiger partial charge is 0.505 e. The minimum atomic E-state index is -4.19. The first-order chi connectivity index (χ1) is 9.70. The van der Waals surface area contributed by atoms with Gasteiger partial charge in [0.25, 0.3) is 10.0 Å². The van der Waals surface area contributed by atoms with Crippen LogP contribution in [0.5, 0.6) is 5.75 Å². The van der Waals surface area contributed by atoms with Crippen LogP contribution in [0, 0.1) is 5.82 Å². The average molecular weight is 380 g/mol. The number of carbonyl (C=O) groups is 1. The van der Waals surface area contributed by atoms with E-state index in [1.165, 1.54) is 0 Å². The first-order valence-electron chi connectivity index (χ1n) is 5.24. The fourth-order valence-electron chi connectivity index (χ4n) is 1.42. The van der Waals surface area contributed by atoms with Gasteiger partial charge in [0.05, 0.1) is 5.69 Å². The van der Waals surface area contributed by atoms with E-state index >= 15 is 0 Å². The monoisotopic (exact) mass is 379 g/mol. The Morgan fingerprint density at radius 3 is 2.52 bits per heavy atom. The molecule has 1 heterocycles. The Morgan fingerprint density at radius 1 is 1.33 bits per heavy atom. The third-order valence-corrected chi connectivity index (χ3v) is 4.59. The molecule has 0 aliphatic rings. The molecule has 0 bridgehead atoms. The first kappa shape index (κ1) is 15.3. The molecule has 21 heavy (non-hydrogen) atoms. The molecule has 1 aromatic carbocycles. The van der Waals surface area contributed by atoms with E-state index in [1.54, 1.807) is 0 Å². The fraction of sp³-hybridized carbons (Fsp3) is 0. The number of sulfonamides is 1. The van der Waals surface area contributed by atoms with Gasteiger partial charge in [-0.1, -0.05) is 0 Å². The van der Waals surface area contributed by atoms with Gasteiger partial charge in [-0.05, 0) is 28.1 Å². The zero-order chi connectivity index (χ0) is 15.8. The molecule has 10 heteroatoms. The summed E-state index contributed by atoms with van der Waals surface area (Å²) < 4.78 is 43.8. The molecule has 112 valence electrons. The molecule has 0 amide bonds. The number of aromatic hydroxyl groups is 1. The molecule has 0 saturated heterocycles. The summed E-state index contributed by atoms with van der Waals surface area (Å²) in [5.41, 5.74) is -0.143. The normalized spacial score (nSPS) is 11.3. The molecular weight excluding hydrogens is 373 g/mol. The molecule has 0 fully saturated rings. The maximum atomic E-state index is 13.2. The topological polar surface area (TPSA) is 117 Å². The quantitative estimate of drug-likeness (QED) is 0.702. The lowest BCUT2D eigenvalue weighted by molar-refractivity contribution is 0.0661. The number of hydrogen-bond donors (Lipinski definition) is 3. The number of anilines is 1. The standard InChI is InChI=1S/C11H7BrFNO6S/c12-10-9(4-8(20-10)11(16)17)21(18,19)14-5-1-2-7(15)6(13)3-5/h1-4,14-15H,(H,16,17). The van der Waals surface area contributed by atoms with Gasteiger partial charge in [-0.15, -0.1) is 0 Å². The SMILES string of the molecule is O=C(O)c1cc(S(=O)(=O)Nc2ccc(O)c(F)c2)c(Br)o1. The van der Waals surface area contributed by atoms with Gasteiger partial charge in [0.2, 0.25) is 5.76 Å². The van der Waals surface area contributed by atoms with Crippen molar-refractivity contribution in [3.05, 3.63) is 40.5 Å². The lowest BCUT2D eigenvalue weighted by Gasteiger charge is -2.07. The number of nitrogens with one attached hydrogen (secondary N) is 1. The summed E-state index contributed by atoms with van der Waals surface area (Å²) in [5, 5.41) is 17.8. The van der Waals surface area contributed by atoms with Crippen molar-refractivity contribution in [3.63, 3.8) is 0 Å². The van der Waals surface area contributed by atoms with Crippen molar-refractivity contribution in [2.24, 2.45) is 0 Å². The van der Waals surface area contributed by atoms with Crippen LogP contribution in [-0.2, 0) is 10.0 Å². The minimum Gasteiger partial charge on any atom is -0.505 e. The molecule has 0 spiro atoms. The van der Waals surface area contributed by atoms with Gasteiger partial charge in [-0.2, -0.15) is 0 Å². The molecule has 2 aromatic rings. The molecule has 3 N–H and O–H groups in total. The second kappa shape index (κ2) is 5.37. The lowest BCUT2D eigenvalue weighted by atomic mass is 10.3. The molecule has 2 rings (SSSR count). The number of aromatic carboxylic acids is 1. The van der Waals surface area contributed by atoms with Crippen LogP contribution in [-0.4, -0.2) is 24.6 Å². The number of rotatable bonds is 4. The lowest BCUT2D eigenvalue weighted by Crippen LogP contribution is -2.12. The number of benzene rings is 1. The fourth-order valence-corrected chi connectivity index (χ4v) is 3.41. The van der Waals surface area contributed by atoms with Crippen molar-refractivity contribution < 1.29 is 32.2 Å². The number of carboxylic acid groups (broad SMARTS) is 1. The van der Waals surface area contributed by atoms with Crippen LogP contribution in [0.4, 0.5) is 10.1 Å². The van der Waals surface area contributed by atoms with Crippen LogP contribution in [0.25, 0.3) is 0 Å². The summed E-state index contributed by atoms with van der Waals surface area (Å²) in [6.07, 6.45) is 0. The highest BCUT2D eigenvalue weighted by Crippen LogP contribution is 2.28. The van der Waals surface area contributed by atoms with Crippen molar-refractivity contribution in [3.8, 4) is 5.75 Å². The average Bonchev–Trinajstić information content (AvgIpc) is 2.77. The smallest absolute Gasteiger partial charge is 0.371 e. The third kappa shape index (κ3) is 3.16. The molecule has 0 aliphatic carbocycles. The summed E-state index contributed by atoms with van der Waals surface area (Å²) >= 11 is 2.80. The Morgan fingerprint density at radius 2 is 2.00 bits per heavy atom. The highest BCUT2D eigenvalue weighted by Gasteiger charge is 2.25. The highest BCUT2D eigenvalue weighted by molar-refractivity contribution is 9.10. The van der Waals surface area contributed by atoms with Crippen LogP contribution in [0.15, 0.2) is 38.2 Å². The summed E-state index contributed by atoms with van der Waals surface area (Å²) in [6.45, 7) is 0. The highest BCUT2D eigenvalue weighted by atomic mass is 79.9. The Kier molecular flexibility index (Phi) is 3.92. The van der Waals surface area contributed by atoms with Gasteiger partial charge in [0, 0.05) is 12.1 Å². The van der Waals surface area contributed by atoms with Crippen LogP contribution in [0.1, 0.15) is 10.6 Å². The molecule has 0 radical (unpaired) electrons. The van der Waals surface area contributed by atoms with Crippen LogP contribution < -0.4 is 4.72 Å². The maximum Gasteiger partial charge on any atom is 0.371 e. The van der Waals surface area contributed by atoms with E-state index in [0.29, 0.717) is 0 Å². The van der Waals surface area contributed by atoms with E-state index in [-0.39, 0.29) is 10.4 Å². The van der Waals surface area contributed by atoms with E-state index in [4.69, 9.17) is 14.6 Å². The molecule has 7 nitrogen and oxygen atoms in total. The van der Waals surface area contributed by atoms with Gasteiger partial charge in [0.15, 0.2) is 16.2 Å². The zero-order valence-electron chi connectivity index (χ0n) is 10.0. The summed E-state index contributed by atoms with van der Waals surface area (Å²) in [7, 11) is -4.19. The maximum absolute atomic E-state index is 13.2. The molecular formula is C11H7BrFNO6S. The predicted molar refractivity (Wildman–Crippen MR) is 72.2 cm³/mol. The minimum absolute atomic E-state index is 0.143. The third-order valence-electron chi connectivity index (χ3n) is 2.36. The number of furan rings is 1. The Bertz CT molecular complexity index is 816. The summed E-state index contributed by atoms with van der Waals surface area (Å²) in [5.74, 6) is -3.64. The van der Waals surface area contributed by atoms with Crippen molar-refractivity contribution in [2.75, 3.05) is 4.72 Å². The number of hydrogen-bond acceptors (Lipinski definition) is 5. The molecule has 0 saturated carbocycles. The van der Waals surface area contributed by atoms with Crippen molar-refractivity contribution in [1.82, 2.24) is 0 Å². The van der Waals surface area contributed by atoms with E-state index in [2.05, 4.69) is 15.9 Å². The van der Waals surface area contributed by atoms with Gasteiger partial charge < -0.3 is 14.6 Å². The second-order valence-electron chi connectivity index (χ2n) is 3.83. The Balaban J connectivity index is 2.38. The number of phenolic OH excluding ortho intramolecular Hbond substituents is 1. The number of halogens is 2. The van der Waals surface area contributed by atoms with Crippen LogP contribution >= 0.6 is 15.9 Å². The Hall–Kier alpha value is -2.07. The van der Waals surface area contributed by atoms with Crippen LogP contribution in [0.3, 0.4) is 0 Å². The summed E-state index contributed by atoms with van der Waals surface area (Å²) in [4.78, 5) is 10.3. The van der Waals surface area contributed by atoms with Crippen LogP contribution in [0.2, 0.25) is 0 Å². The van der Waals surface area contributed by atoms with Gasteiger partial charge >= 0.3 is 5.97 Å². The molecule has 1 aromatic heterocycles. The van der Waals surface area contributed by atoms with E-state index in [1.807, 2.05) is 4.72 Å². The van der Waals surface area contributed by atoms with E-state index in [0.717, 1.165) is 24.3 Å². The van der Waals surface area contributed by atoms with Crippen molar-refractivity contribution >= 4 is 37.6 Å². The number of carboxylic acids is 1. The zero-order valence-corrected chi connectivity index (χ0v) is 12.4. The van der Waals surface area contributed by atoms with E-state index < -0.39 is 38.2 Å². The first-order valence-corrected chi connectivity index (χ1v) is 7.52. The number of phenols is 1.